The van der Waals surface area contributed by atoms with Crippen molar-refractivity contribution in [2.24, 2.45) is 0 Å². The molecule has 0 aromatic heterocycles. The van der Waals surface area contributed by atoms with Gasteiger partial charge in [-0.05, 0) is 45.8 Å². The molecule has 430 valence electrons. The fourth-order valence-electron chi connectivity index (χ4n) is 6.20. The summed E-state index contributed by atoms with van der Waals surface area (Å²) in [6.45, 7) is 8.02. The average Bonchev–Trinajstić information content (AvgIpc) is 3.33. The highest BCUT2D eigenvalue weighted by atomic mass is 32.3. The van der Waals surface area contributed by atoms with Crippen molar-refractivity contribution < 1.29 is 116 Å². The number of ether oxygens (including phenoxy) is 3. The summed E-state index contributed by atoms with van der Waals surface area (Å²) in [5.41, 5.74) is -12.4. The molecular weight excluding hydrogens is 1080 g/mol. The summed E-state index contributed by atoms with van der Waals surface area (Å²) in [5, 5.41) is 9.75. The highest BCUT2D eigenvalue weighted by Crippen LogP contribution is 2.36. The smallest absolute Gasteiger partial charge is 0.460 e. The first-order valence-corrected chi connectivity index (χ1v) is 31.1. The monoisotopic (exact) mass is 1160 g/mol. The van der Waals surface area contributed by atoms with Gasteiger partial charge in [-0.2, -0.15) is 26.3 Å². The van der Waals surface area contributed by atoms with Crippen LogP contribution < -0.4 is 16.0 Å². The van der Waals surface area contributed by atoms with Crippen molar-refractivity contribution in [2.75, 3.05) is 149 Å². The third-order valence-corrected chi connectivity index (χ3v) is 22.0. The fraction of sp³-hybridized carbons (Fsp3) is 0.919. The van der Waals surface area contributed by atoms with Gasteiger partial charge in [-0.15, -0.1) is 0 Å². The summed E-state index contributed by atoms with van der Waals surface area (Å²) in [5.74, 6) is -0.949. The van der Waals surface area contributed by atoms with Gasteiger partial charge in [0.1, 0.15) is 39.5 Å². The van der Waals surface area contributed by atoms with Crippen LogP contribution in [0.4, 0.5) is 26.3 Å². The van der Waals surface area contributed by atoms with Gasteiger partial charge < -0.3 is 78.6 Å². The van der Waals surface area contributed by atoms with E-state index in [9.17, 15) is 57.6 Å². The van der Waals surface area contributed by atoms with Gasteiger partial charge in [0.15, 0.2) is 20.0 Å². The van der Waals surface area contributed by atoms with Gasteiger partial charge in [0, 0.05) is 102 Å². The van der Waals surface area contributed by atoms with Crippen LogP contribution in [0.5, 0.6) is 0 Å². The van der Waals surface area contributed by atoms with Crippen molar-refractivity contribution >= 4 is 64.4 Å². The van der Waals surface area contributed by atoms with Gasteiger partial charge in [0.05, 0.1) is 25.8 Å². The van der Waals surface area contributed by atoms with Gasteiger partial charge in [0.2, 0.25) is 0 Å². The van der Waals surface area contributed by atoms with Crippen molar-refractivity contribution in [3.63, 3.8) is 0 Å². The van der Waals surface area contributed by atoms with Crippen molar-refractivity contribution in [2.45, 2.75) is 74.6 Å². The van der Waals surface area contributed by atoms with Gasteiger partial charge in [-0.3, -0.25) is 14.4 Å². The highest BCUT2D eigenvalue weighted by Gasteiger charge is 2.47. The molecule has 0 fully saturated rings. The molecule has 0 aromatic rings. The predicted octanol–water partition coefficient (Wildman–Crippen LogP) is 2.26. The van der Waals surface area contributed by atoms with E-state index in [1.807, 2.05) is 6.92 Å². The number of nitrogens with one attached hydrogen (secondary N) is 3. The fourth-order valence-corrected chi connectivity index (χ4v) is 13.1. The van der Waals surface area contributed by atoms with Gasteiger partial charge >= 0.3 is 55.3 Å². The Labute approximate surface area is 423 Å². The molecule has 0 rings (SSSR count). The Bertz CT molecular complexity index is 1540. The maximum atomic E-state index is 12.6. The average molecular weight is 1160 g/mol. The van der Waals surface area contributed by atoms with E-state index >= 15 is 0 Å². The third kappa shape index (κ3) is 28.8. The molecule has 0 saturated carbocycles. The summed E-state index contributed by atoms with van der Waals surface area (Å²) in [7, 11) is -7.06. The molecule has 0 aromatic carbocycles. The molecule has 0 aliphatic rings. The van der Waals surface area contributed by atoms with E-state index in [1.54, 1.807) is 64.0 Å². The van der Waals surface area contributed by atoms with E-state index in [0.717, 1.165) is 23.4 Å². The molecule has 0 heterocycles. The Morgan fingerprint density at radius 2 is 0.694 bits per heavy atom. The van der Waals surface area contributed by atoms with Crippen molar-refractivity contribution in [3.8, 4) is 0 Å². The van der Waals surface area contributed by atoms with Crippen LogP contribution in [0.15, 0.2) is 0 Å². The minimum absolute atomic E-state index is 0.171. The molecule has 72 heavy (non-hydrogen) atoms. The Morgan fingerprint density at radius 1 is 0.458 bits per heavy atom. The third-order valence-electron chi connectivity index (χ3n) is 10.8. The van der Waals surface area contributed by atoms with Crippen LogP contribution >= 0.6 is 0 Å². The number of sulfonamides is 2. The maximum Gasteiger partial charge on any atom is 0.500 e. The lowest BCUT2D eigenvalue weighted by molar-refractivity contribution is -0.926. The van der Waals surface area contributed by atoms with Crippen molar-refractivity contribution in [1.82, 2.24) is 16.0 Å². The molecule has 24 nitrogen and oxygen atoms in total. The van der Waals surface area contributed by atoms with E-state index in [-0.39, 0.29) is 57.0 Å². The van der Waals surface area contributed by atoms with Gasteiger partial charge in [-0.25, -0.2) is 16.8 Å². The summed E-state index contributed by atoms with van der Waals surface area (Å²) < 4.78 is 175. The number of carbonyl (C=O) groups excluding carboxylic acids is 3. The number of esters is 3. The Hall–Kier alpha value is -2.02. The van der Waals surface area contributed by atoms with E-state index in [2.05, 4.69) is 16.0 Å². The van der Waals surface area contributed by atoms with Crippen LogP contribution in [0.3, 0.4) is 0 Å². The summed E-state index contributed by atoms with van der Waals surface area (Å²) in [4.78, 5) is 37.7. The number of likely N-dealkylation sites (N-methyl/N-ethyl adjacent to an activating group) is 1. The summed E-state index contributed by atoms with van der Waals surface area (Å²) >= 11 is 0. The molecule has 0 unspecified atom stereocenters. The lowest BCUT2D eigenvalue weighted by Gasteiger charge is -2.37. The van der Waals surface area contributed by atoms with Crippen LogP contribution in [0, 0.1) is 0 Å². The van der Waals surface area contributed by atoms with E-state index in [4.69, 9.17) is 54.0 Å². The molecule has 0 saturated heterocycles. The SMILES string of the molecule is CC[N+](CCOC(=O)CCNCCC[Si](OC)(OC)OC)(CCOC(=O)CCNCCC[Si](OC)(OC)OC)CCOC(=O)CCNCCC[Si](OC)(OC)OC.O=S(=O)([N-]S(=O)(=O)C(F)(F)F)C(F)(F)F. The Kier molecular flexibility index (Phi) is 36.9. The quantitative estimate of drug-likeness (QED) is 0.0197. The zero-order valence-corrected chi connectivity index (χ0v) is 47.4. The zero-order chi connectivity index (χ0) is 55.6. The molecular formula is C37H77F6N5O19S2Si3. The lowest BCUT2D eigenvalue weighted by atomic mass is 10.3. The zero-order valence-electron chi connectivity index (χ0n) is 42.8. The predicted molar refractivity (Wildman–Crippen MR) is 253 cm³/mol. The molecule has 0 amide bonds. The Balaban J connectivity index is 0. The standard InChI is InChI=1S/C35H77N4O15Si3.C2F6NO4S2/c1-11-39(24-27-52-33(40)15-21-36-18-12-30-55(43-2,44-3)45-4,25-28-53-34(41)16-22-37-19-13-31-56(46-5,47-6)48-7)26-29-54-35(42)17-23-38-20-14-32-57(49-8,50-9)51-10;3-1(4,5)14(10,11)9-15(12,13)2(6,7)8/h36-38H,11-32H2,1-10H3;/q+1;-1. The first-order chi connectivity index (χ1) is 33.6. The first kappa shape index (κ1) is 72.1. The number of carbonyl (C=O) groups is 3. The molecule has 0 spiro atoms. The van der Waals surface area contributed by atoms with E-state index < -0.39 is 57.5 Å². The van der Waals surface area contributed by atoms with Gasteiger partial charge in [0.25, 0.3) is 0 Å². The topological polar surface area (TPSA) is 280 Å². The normalized spacial score (nSPS) is 13.1. The second-order valence-corrected chi connectivity index (χ2v) is 27.8. The van der Waals surface area contributed by atoms with Crippen LogP contribution in [-0.2, 0) is 88.5 Å². The number of quaternary nitrogens is 1. The second-order valence-electron chi connectivity index (χ2n) is 15.1. The van der Waals surface area contributed by atoms with Crippen LogP contribution in [-0.4, -0.2) is 226 Å². The maximum absolute atomic E-state index is 12.6. The number of rotatable bonds is 42. The number of alkyl halides is 6. The van der Waals surface area contributed by atoms with Crippen LogP contribution in [0.2, 0.25) is 18.1 Å². The number of hydrogen-bond acceptors (Lipinski definition) is 22. The van der Waals surface area contributed by atoms with Crippen molar-refractivity contribution in [3.05, 3.63) is 4.13 Å². The van der Waals surface area contributed by atoms with Crippen molar-refractivity contribution in [1.29, 1.82) is 0 Å². The summed E-state index contributed by atoms with van der Waals surface area (Å²) in [6, 6.07) is 1.98. The number of hydrogen-bond donors (Lipinski definition) is 3. The minimum Gasteiger partial charge on any atom is -0.460 e. The largest absolute Gasteiger partial charge is 0.500 e. The first-order valence-electron chi connectivity index (χ1n) is 22.4. The summed E-state index contributed by atoms with van der Waals surface area (Å²) in [6.07, 6.45) is 2.97. The molecule has 0 atom stereocenters. The van der Waals surface area contributed by atoms with E-state index in [0.29, 0.717) is 88.1 Å². The van der Waals surface area contributed by atoms with E-state index in [1.165, 1.54) is 0 Å². The second kappa shape index (κ2) is 36.9. The van der Waals surface area contributed by atoms with Crippen LogP contribution in [0.25, 0.3) is 4.13 Å². The lowest BCUT2D eigenvalue weighted by Crippen LogP contribution is -2.54. The molecule has 3 N–H and O–H groups in total. The highest BCUT2D eigenvalue weighted by molar-refractivity contribution is 8.13. The molecule has 0 bridgehead atoms. The van der Waals surface area contributed by atoms with Crippen LogP contribution in [0.1, 0.15) is 45.4 Å². The molecule has 0 aliphatic carbocycles. The minimum atomic E-state index is -6.72. The molecule has 35 heteroatoms. The molecule has 0 aliphatic heterocycles. The van der Waals surface area contributed by atoms with Gasteiger partial charge in [-0.1, -0.05) is 0 Å². The number of nitrogens with zero attached hydrogens (tertiary/aromatic N) is 2. The Morgan fingerprint density at radius 3 is 0.889 bits per heavy atom. The number of halogens is 6. The molecule has 0 radical (unpaired) electrons.